The molecular formula is C26H19F3N6O2S. The number of aromatic nitrogens is 3. The van der Waals surface area contributed by atoms with Crippen LogP contribution >= 0.6 is 11.3 Å². The number of alkyl halides is 3. The predicted molar refractivity (Wildman–Crippen MR) is 138 cm³/mol. The molecular weight excluding hydrogens is 517 g/mol. The number of nitrogens with one attached hydrogen (secondary N) is 1. The van der Waals surface area contributed by atoms with Gasteiger partial charge in [-0.25, -0.2) is 19.5 Å². The number of nitrogens with zero attached hydrogens (tertiary/aromatic N) is 4. The third-order valence-corrected chi connectivity index (χ3v) is 6.49. The maximum absolute atomic E-state index is 13.9. The number of benzene rings is 3. The number of aryl methyl sites for hydroxylation is 1. The molecule has 192 valence electrons. The van der Waals surface area contributed by atoms with Crippen LogP contribution in [0.2, 0.25) is 0 Å². The summed E-state index contributed by atoms with van der Waals surface area (Å²) in [7, 11) is 0. The molecule has 5 rings (SSSR count). The maximum Gasteiger partial charge on any atom is 0.433 e. The highest BCUT2D eigenvalue weighted by molar-refractivity contribution is 7.12. The van der Waals surface area contributed by atoms with Gasteiger partial charge in [-0.15, -0.1) is 11.3 Å². The molecule has 0 saturated heterocycles. The van der Waals surface area contributed by atoms with Crippen LogP contribution in [0.15, 0.2) is 78.2 Å². The van der Waals surface area contributed by atoms with E-state index in [0.717, 1.165) is 38.7 Å². The van der Waals surface area contributed by atoms with Gasteiger partial charge in [-0.05, 0) is 42.0 Å². The summed E-state index contributed by atoms with van der Waals surface area (Å²) in [6, 6.07) is 19.3. The normalized spacial score (nSPS) is 11.5. The average molecular weight is 537 g/mol. The van der Waals surface area contributed by atoms with E-state index in [2.05, 4.69) is 15.5 Å². The van der Waals surface area contributed by atoms with E-state index >= 15 is 0 Å². The third-order valence-electron chi connectivity index (χ3n) is 5.68. The Hall–Kier alpha value is -4.71. The number of thiazole rings is 1. The Kier molecular flexibility index (Phi) is 6.33. The van der Waals surface area contributed by atoms with Crippen molar-refractivity contribution in [2.45, 2.75) is 13.1 Å². The number of rotatable bonds is 4. The zero-order valence-electron chi connectivity index (χ0n) is 19.7. The highest BCUT2D eigenvalue weighted by Gasteiger charge is 2.37. The Morgan fingerprint density at radius 1 is 1.00 bits per heavy atom. The first-order valence-electron chi connectivity index (χ1n) is 11.2. The van der Waals surface area contributed by atoms with Crippen LogP contribution in [0.4, 0.5) is 23.7 Å². The van der Waals surface area contributed by atoms with Gasteiger partial charge in [0.1, 0.15) is 5.69 Å². The minimum atomic E-state index is -4.73. The second-order valence-corrected chi connectivity index (χ2v) is 9.19. The van der Waals surface area contributed by atoms with Gasteiger partial charge in [-0.2, -0.15) is 18.3 Å². The number of carbonyl (C=O) groups excluding carboxylic acids is 2. The predicted octanol–water partition coefficient (Wildman–Crippen LogP) is 5.71. The van der Waals surface area contributed by atoms with Crippen molar-refractivity contribution < 1.29 is 22.8 Å². The maximum atomic E-state index is 13.9. The number of primary amides is 1. The SMILES string of the molecule is Cc1ccc(N(NC(=O)c2csc(-n3nc(-c4ccc5ccccc5c4)cc3C(F)(F)F)n2)C(N)=O)cc1. The number of halogens is 3. The third kappa shape index (κ3) is 4.93. The summed E-state index contributed by atoms with van der Waals surface area (Å²) in [6.07, 6.45) is -4.73. The molecule has 3 aromatic carbocycles. The Labute approximate surface area is 218 Å². The van der Waals surface area contributed by atoms with E-state index in [-0.39, 0.29) is 16.5 Å². The molecule has 0 saturated carbocycles. The zero-order chi connectivity index (χ0) is 27.0. The van der Waals surface area contributed by atoms with Gasteiger partial charge in [0, 0.05) is 10.9 Å². The van der Waals surface area contributed by atoms with Gasteiger partial charge >= 0.3 is 12.2 Å². The van der Waals surface area contributed by atoms with Crippen LogP contribution in [0.25, 0.3) is 27.2 Å². The van der Waals surface area contributed by atoms with Crippen LogP contribution in [-0.2, 0) is 6.18 Å². The number of anilines is 1. The van der Waals surface area contributed by atoms with Gasteiger partial charge < -0.3 is 5.73 Å². The minimum Gasteiger partial charge on any atom is -0.350 e. The van der Waals surface area contributed by atoms with Crippen LogP contribution in [-0.4, -0.2) is 26.7 Å². The molecule has 0 aliphatic heterocycles. The van der Waals surface area contributed by atoms with Crippen LogP contribution in [0.3, 0.4) is 0 Å². The first-order chi connectivity index (χ1) is 18.1. The molecule has 0 atom stereocenters. The minimum absolute atomic E-state index is 0.101. The van der Waals surface area contributed by atoms with Gasteiger partial charge in [0.2, 0.25) is 5.13 Å². The molecule has 0 unspecified atom stereocenters. The van der Waals surface area contributed by atoms with Gasteiger partial charge in [0.05, 0.1) is 11.4 Å². The van der Waals surface area contributed by atoms with Gasteiger partial charge in [0.15, 0.2) is 5.69 Å². The van der Waals surface area contributed by atoms with Crippen molar-refractivity contribution in [2.24, 2.45) is 5.73 Å². The number of carbonyl (C=O) groups is 2. The van der Waals surface area contributed by atoms with Gasteiger partial charge in [-0.1, -0.05) is 54.1 Å². The van der Waals surface area contributed by atoms with E-state index in [1.54, 1.807) is 42.5 Å². The van der Waals surface area contributed by atoms with E-state index in [9.17, 15) is 22.8 Å². The fourth-order valence-corrected chi connectivity index (χ4v) is 4.55. The molecule has 8 nitrogen and oxygen atoms in total. The number of hydrogen-bond donors (Lipinski definition) is 2. The molecule has 2 aromatic heterocycles. The van der Waals surface area contributed by atoms with E-state index in [1.807, 2.05) is 31.2 Å². The van der Waals surface area contributed by atoms with Gasteiger partial charge in [0.25, 0.3) is 5.91 Å². The molecule has 0 fully saturated rings. The van der Waals surface area contributed by atoms with E-state index in [0.29, 0.717) is 15.9 Å². The number of amides is 3. The molecule has 0 radical (unpaired) electrons. The van der Waals surface area contributed by atoms with E-state index in [4.69, 9.17) is 5.73 Å². The van der Waals surface area contributed by atoms with Crippen LogP contribution in [0.5, 0.6) is 0 Å². The highest BCUT2D eigenvalue weighted by atomic mass is 32.1. The molecule has 0 aliphatic rings. The Morgan fingerprint density at radius 2 is 1.71 bits per heavy atom. The van der Waals surface area contributed by atoms with Crippen LogP contribution in [0.1, 0.15) is 21.7 Å². The van der Waals surface area contributed by atoms with Crippen LogP contribution in [0, 0.1) is 6.92 Å². The van der Waals surface area contributed by atoms with E-state index in [1.165, 1.54) is 5.38 Å². The summed E-state index contributed by atoms with van der Waals surface area (Å²) in [6.45, 7) is 1.85. The highest BCUT2D eigenvalue weighted by Crippen LogP contribution is 2.35. The van der Waals surface area contributed by atoms with Crippen LogP contribution < -0.4 is 16.2 Å². The molecule has 5 aromatic rings. The quantitative estimate of drug-likeness (QED) is 0.287. The Bertz CT molecular complexity index is 1660. The second-order valence-electron chi connectivity index (χ2n) is 8.35. The first-order valence-corrected chi connectivity index (χ1v) is 12.1. The molecule has 38 heavy (non-hydrogen) atoms. The monoisotopic (exact) mass is 536 g/mol. The summed E-state index contributed by atoms with van der Waals surface area (Å²) in [5, 5.41) is 7.90. The van der Waals surface area contributed by atoms with Crippen molar-refractivity contribution in [3.63, 3.8) is 0 Å². The number of hydrogen-bond acceptors (Lipinski definition) is 5. The fourth-order valence-electron chi connectivity index (χ4n) is 3.78. The van der Waals surface area contributed by atoms with Crippen molar-refractivity contribution in [1.82, 2.24) is 20.2 Å². The number of fused-ring (bicyclic) bond motifs is 1. The van der Waals surface area contributed by atoms with E-state index < -0.39 is 23.8 Å². The number of urea groups is 1. The largest absolute Gasteiger partial charge is 0.433 e. The average Bonchev–Trinajstić information content (AvgIpc) is 3.55. The molecule has 0 bridgehead atoms. The Morgan fingerprint density at radius 3 is 2.39 bits per heavy atom. The smallest absolute Gasteiger partial charge is 0.350 e. The van der Waals surface area contributed by atoms with Crippen molar-refractivity contribution in [3.8, 4) is 16.4 Å². The lowest BCUT2D eigenvalue weighted by Crippen LogP contribution is -2.49. The first kappa shape index (κ1) is 25.0. The number of hydrazine groups is 1. The molecule has 0 aliphatic carbocycles. The molecule has 2 heterocycles. The van der Waals surface area contributed by atoms with Crippen molar-refractivity contribution in [2.75, 3.05) is 5.01 Å². The van der Waals surface area contributed by atoms with Crippen molar-refractivity contribution >= 4 is 39.7 Å². The van der Waals surface area contributed by atoms with Crippen molar-refractivity contribution in [3.05, 3.63) is 95.1 Å². The summed E-state index contributed by atoms with van der Waals surface area (Å²) in [5.41, 5.74) is 8.32. The zero-order valence-corrected chi connectivity index (χ0v) is 20.5. The summed E-state index contributed by atoms with van der Waals surface area (Å²) in [5.74, 6) is -0.831. The lowest BCUT2D eigenvalue weighted by Gasteiger charge is -2.20. The number of nitrogens with two attached hydrogens (primary N) is 1. The summed E-state index contributed by atoms with van der Waals surface area (Å²) in [4.78, 5) is 28.8. The Balaban J connectivity index is 1.46. The molecule has 3 N–H and O–H groups in total. The van der Waals surface area contributed by atoms with Gasteiger partial charge in [-0.3, -0.25) is 10.2 Å². The lowest BCUT2D eigenvalue weighted by molar-refractivity contribution is -0.142. The molecule has 12 heteroatoms. The fraction of sp³-hybridized carbons (Fsp3) is 0.0769. The standard InChI is InChI=1S/C26H19F3N6O2S/c1-15-6-10-19(11-7-15)34(24(30)37)33-23(36)21-14-38-25(31-21)35-22(26(27,28)29)13-20(32-35)18-9-8-16-4-2-3-5-17(16)12-18/h2-14H,1H3,(H2,30,37)(H,33,36). The lowest BCUT2D eigenvalue weighted by atomic mass is 10.1. The molecule has 3 amide bonds. The van der Waals surface area contributed by atoms with Crippen molar-refractivity contribution in [1.29, 1.82) is 0 Å². The summed E-state index contributed by atoms with van der Waals surface area (Å²) < 4.78 is 42.5. The summed E-state index contributed by atoms with van der Waals surface area (Å²) >= 11 is 0.799. The topological polar surface area (TPSA) is 106 Å². The second kappa shape index (κ2) is 9.63. The molecule has 0 spiro atoms.